The van der Waals surface area contributed by atoms with Crippen molar-refractivity contribution in [1.29, 1.82) is 0 Å². The van der Waals surface area contributed by atoms with Gasteiger partial charge in [-0.3, -0.25) is 0 Å². The molecule has 0 bridgehead atoms. The summed E-state index contributed by atoms with van der Waals surface area (Å²) in [6.07, 6.45) is 13.1. The molecule has 2 aromatic heterocycles. The topological polar surface area (TPSA) is 9.23 Å². The zero-order valence-corrected chi connectivity index (χ0v) is 19.1. The molecule has 0 amide bonds. The summed E-state index contributed by atoms with van der Waals surface area (Å²) < 4.78 is 8.79. The Morgan fingerprint density at radius 2 is 1.39 bits per heavy atom. The van der Waals surface area contributed by atoms with Crippen molar-refractivity contribution in [2.75, 3.05) is 6.61 Å². The first-order valence-electron chi connectivity index (χ1n) is 11.1. The van der Waals surface area contributed by atoms with Crippen LogP contribution >= 0.6 is 22.7 Å². The van der Waals surface area contributed by atoms with Gasteiger partial charge in [0.2, 0.25) is 0 Å². The Hall–Kier alpha value is -1.32. The predicted molar refractivity (Wildman–Crippen MR) is 127 cm³/mol. The quantitative estimate of drug-likeness (QED) is 0.253. The number of aryl methyl sites for hydroxylation is 1. The largest absolute Gasteiger partial charge is 0.494 e. The monoisotopic (exact) mass is 414 g/mol. The number of hydrogen-bond acceptors (Lipinski definition) is 3. The Labute approximate surface area is 178 Å². The summed E-state index contributed by atoms with van der Waals surface area (Å²) in [5.74, 6) is 0.996. The number of unbranched alkanes of at least 4 members (excludes halogenated alkanes) is 7. The highest BCUT2D eigenvalue weighted by Crippen LogP contribution is 2.39. The third-order valence-electron chi connectivity index (χ3n) is 5.16. The van der Waals surface area contributed by atoms with E-state index in [2.05, 4.69) is 50.2 Å². The van der Waals surface area contributed by atoms with Gasteiger partial charge in [-0.2, -0.15) is 0 Å². The van der Waals surface area contributed by atoms with E-state index >= 15 is 0 Å². The van der Waals surface area contributed by atoms with Gasteiger partial charge in [0.15, 0.2) is 0 Å². The van der Waals surface area contributed by atoms with Crippen LogP contribution in [0, 0.1) is 0 Å². The van der Waals surface area contributed by atoms with Crippen molar-refractivity contribution in [3.05, 3.63) is 41.3 Å². The molecule has 1 aromatic carbocycles. The molecule has 0 fully saturated rings. The second-order valence-electron chi connectivity index (χ2n) is 7.65. The Morgan fingerprint density at radius 3 is 2.07 bits per heavy atom. The summed E-state index contributed by atoms with van der Waals surface area (Å²) in [6, 6.07) is 13.4. The predicted octanol–water partition coefficient (Wildman–Crippen LogP) is 9.10. The number of hydrogen-bond donors (Lipinski definition) is 0. The minimum Gasteiger partial charge on any atom is -0.494 e. The van der Waals surface area contributed by atoms with Crippen LogP contribution in [-0.2, 0) is 6.42 Å². The molecule has 0 saturated heterocycles. The Kier molecular flexibility index (Phi) is 8.88. The van der Waals surface area contributed by atoms with E-state index in [1.807, 2.05) is 22.7 Å². The fourth-order valence-electron chi connectivity index (χ4n) is 3.54. The average molecular weight is 415 g/mol. The van der Waals surface area contributed by atoms with E-state index in [1.165, 1.54) is 82.5 Å². The van der Waals surface area contributed by atoms with E-state index in [1.54, 1.807) is 0 Å². The Bertz CT molecular complexity index is 781. The summed E-state index contributed by atoms with van der Waals surface area (Å²) in [4.78, 5) is 2.87. The van der Waals surface area contributed by atoms with E-state index in [9.17, 15) is 0 Å². The van der Waals surface area contributed by atoms with Crippen LogP contribution in [0.3, 0.4) is 0 Å². The molecule has 3 aromatic rings. The minimum atomic E-state index is 0.837. The van der Waals surface area contributed by atoms with Crippen molar-refractivity contribution in [3.63, 3.8) is 0 Å². The smallest absolute Gasteiger partial charge is 0.119 e. The fraction of sp³-hybridized carbons (Fsp3) is 0.520. The number of ether oxygens (including phenoxy) is 1. The number of rotatable bonds is 13. The lowest BCUT2D eigenvalue weighted by atomic mass is 10.1. The van der Waals surface area contributed by atoms with Crippen molar-refractivity contribution >= 4 is 32.1 Å². The van der Waals surface area contributed by atoms with Gasteiger partial charge in [-0.25, -0.2) is 0 Å². The molecule has 152 valence electrons. The van der Waals surface area contributed by atoms with Gasteiger partial charge in [-0.15, -0.1) is 22.7 Å². The van der Waals surface area contributed by atoms with Crippen molar-refractivity contribution < 1.29 is 4.74 Å². The van der Waals surface area contributed by atoms with Crippen molar-refractivity contribution in [2.24, 2.45) is 0 Å². The van der Waals surface area contributed by atoms with Gasteiger partial charge in [0.05, 0.1) is 6.61 Å². The second-order valence-corrected chi connectivity index (χ2v) is 9.90. The molecule has 3 heteroatoms. The maximum Gasteiger partial charge on any atom is 0.119 e. The normalized spacial score (nSPS) is 11.4. The molecule has 0 atom stereocenters. The van der Waals surface area contributed by atoms with Crippen LogP contribution in [-0.4, -0.2) is 6.61 Å². The lowest BCUT2D eigenvalue weighted by Crippen LogP contribution is -1.97. The molecule has 0 N–H and O–H groups in total. The van der Waals surface area contributed by atoms with E-state index in [0.717, 1.165) is 18.8 Å². The highest BCUT2D eigenvalue weighted by Gasteiger charge is 2.08. The lowest BCUT2D eigenvalue weighted by Gasteiger charge is -2.07. The van der Waals surface area contributed by atoms with Gasteiger partial charge >= 0.3 is 0 Å². The highest BCUT2D eigenvalue weighted by molar-refractivity contribution is 7.29. The molecule has 0 radical (unpaired) electrons. The van der Waals surface area contributed by atoms with Crippen molar-refractivity contribution in [2.45, 2.75) is 78.1 Å². The standard InChI is InChI=1S/C25H34OS2/c1-3-5-6-7-8-9-10-11-17-26-21-15-13-20(14-16-21)23-19-25-24(28-23)18-22(27-25)12-4-2/h13-16,18-19H,3-12,17H2,1-2H3. The van der Waals surface area contributed by atoms with Crippen LogP contribution in [0.5, 0.6) is 5.75 Å². The van der Waals surface area contributed by atoms with E-state index in [4.69, 9.17) is 4.74 Å². The van der Waals surface area contributed by atoms with Gasteiger partial charge in [-0.05, 0) is 54.8 Å². The first-order valence-corrected chi connectivity index (χ1v) is 12.7. The zero-order valence-electron chi connectivity index (χ0n) is 17.5. The van der Waals surface area contributed by atoms with Gasteiger partial charge in [0.1, 0.15) is 5.75 Å². The van der Waals surface area contributed by atoms with Gasteiger partial charge in [-0.1, -0.05) is 65.2 Å². The van der Waals surface area contributed by atoms with Crippen LogP contribution in [0.1, 0.15) is 76.5 Å². The van der Waals surface area contributed by atoms with Crippen molar-refractivity contribution in [1.82, 2.24) is 0 Å². The van der Waals surface area contributed by atoms with Crippen LogP contribution in [0.15, 0.2) is 36.4 Å². The van der Waals surface area contributed by atoms with Crippen LogP contribution in [0.25, 0.3) is 19.8 Å². The first-order chi connectivity index (χ1) is 13.8. The molecule has 1 nitrogen and oxygen atoms in total. The molecule has 0 spiro atoms. The lowest BCUT2D eigenvalue weighted by molar-refractivity contribution is 0.304. The van der Waals surface area contributed by atoms with Crippen LogP contribution < -0.4 is 4.74 Å². The van der Waals surface area contributed by atoms with Gasteiger partial charge < -0.3 is 4.74 Å². The number of thiophene rings is 2. The summed E-state index contributed by atoms with van der Waals surface area (Å²) in [6.45, 7) is 5.36. The Balaban J connectivity index is 1.40. The average Bonchev–Trinajstić information content (AvgIpc) is 3.26. The molecule has 2 heterocycles. The molecule has 0 saturated carbocycles. The molecule has 0 unspecified atom stereocenters. The third-order valence-corrected chi connectivity index (χ3v) is 7.56. The molecular formula is C25H34OS2. The van der Waals surface area contributed by atoms with Gasteiger partial charge in [0.25, 0.3) is 0 Å². The number of fused-ring (bicyclic) bond motifs is 1. The molecule has 0 aliphatic carbocycles. The molecule has 0 aliphatic rings. The highest BCUT2D eigenvalue weighted by atomic mass is 32.1. The van der Waals surface area contributed by atoms with E-state index in [0.29, 0.717) is 0 Å². The fourth-order valence-corrected chi connectivity index (χ4v) is 6.07. The van der Waals surface area contributed by atoms with Crippen LogP contribution in [0.2, 0.25) is 0 Å². The van der Waals surface area contributed by atoms with E-state index in [-0.39, 0.29) is 0 Å². The summed E-state index contributed by atoms with van der Waals surface area (Å²) >= 11 is 3.86. The second kappa shape index (κ2) is 11.6. The molecule has 28 heavy (non-hydrogen) atoms. The van der Waals surface area contributed by atoms with Gasteiger partial charge in [0, 0.05) is 19.2 Å². The number of benzene rings is 1. The molecule has 3 rings (SSSR count). The zero-order chi connectivity index (χ0) is 19.6. The first kappa shape index (κ1) is 21.4. The Morgan fingerprint density at radius 1 is 0.714 bits per heavy atom. The minimum absolute atomic E-state index is 0.837. The SMILES string of the molecule is CCCCCCCCCCOc1ccc(-c2cc3sc(CCC)cc3s2)cc1. The van der Waals surface area contributed by atoms with E-state index < -0.39 is 0 Å². The summed E-state index contributed by atoms with van der Waals surface area (Å²) in [5.41, 5.74) is 1.30. The van der Waals surface area contributed by atoms with Crippen LogP contribution in [0.4, 0.5) is 0 Å². The third kappa shape index (κ3) is 6.35. The molecular weight excluding hydrogens is 380 g/mol. The summed E-state index contributed by atoms with van der Waals surface area (Å²) in [7, 11) is 0. The molecule has 0 aliphatic heterocycles. The maximum absolute atomic E-state index is 5.93. The maximum atomic E-state index is 5.93. The summed E-state index contributed by atoms with van der Waals surface area (Å²) in [5, 5.41) is 0. The van der Waals surface area contributed by atoms with Crippen molar-refractivity contribution in [3.8, 4) is 16.2 Å².